The van der Waals surface area contributed by atoms with Gasteiger partial charge in [-0.25, -0.2) is 0 Å². The highest BCUT2D eigenvalue weighted by Gasteiger charge is 2.13. The van der Waals surface area contributed by atoms with Crippen LogP contribution in [0.2, 0.25) is 0 Å². The van der Waals surface area contributed by atoms with Crippen LogP contribution in [0.5, 0.6) is 0 Å². The molecule has 0 saturated carbocycles. The van der Waals surface area contributed by atoms with Gasteiger partial charge in [0.05, 0.1) is 195 Å². The predicted molar refractivity (Wildman–Crippen MR) is 206 cm³/mol. The van der Waals surface area contributed by atoms with Gasteiger partial charge in [0, 0.05) is 7.11 Å². The van der Waals surface area contributed by atoms with Gasteiger partial charge in [0.1, 0.15) is 0 Å². The zero-order chi connectivity index (χ0) is 41.2. The van der Waals surface area contributed by atoms with E-state index in [9.17, 15) is 5.11 Å². The zero-order valence-electron chi connectivity index (χ0n) is 35.4. The Morgan fingerprint density at radius 3 is 0.800 bits per heavy atom. The van der Waals surface area contributed by atoms with Gasteiger partial charge in [-0.15, -0.1) is 0 Å². The van der Waals surface area contributed by atoms with E-state index in [4.69, 9.17) is 76.5 Å². The molecule has 0 spiro atoms. The fourth-order valence-corrected chi connectivity index (χ4v) is 3.72. The molecule has 55 heavy (non-hydrogen) atoms. The summed E-state index contributed by atoms with van der Waals surface area (Å²) in [5.41, 5.74) is 0. The minimum Gasteiger partial charge on any atom is -0.394 e. The summed E-state index contributed by atoms with van der Waals surface area (Å²) < 4.78 is 75.8. The van der Waals surface area contributed by atoms with Crippen molar-refractivity contribution in [3.63, 3.8) is 0 Å². The Labute approximate surface area is 331 Å². The number of methoxy groups -OCH3 is 1. The SMILES string of the molecule is CC(O)COC(C)COC(C)COC(C)COC(C)COC(C)COC(C)CO.COCCOCCOCCOCCOCCOCCOCCOCCO. The first-order chi connectivity index (χ1) is 26.5. The van der Waals surface area contributed by atoms with E-state index in [1.165, 1.54) is 0 Å². The van der Waals surface area contributed by atoms with Gasteiger partial charge < -0.3 is 81.6 Å². The van der Waals surface area contributed by atoms with Gasteiger partial charge in [-0.1, -0.05) is 0 Å². The Morgan fingerprint density at radius 2 is 0.564 bits per heavy atom. The van der Waals surface area contributed by atoms with Gasteiger partial charge in [0.15, 0.2) is 0 Å². The van der Waals surface area contributed by atoms with Crippen molar-refractivity contribution in [2.24, 2.45) is 0 Å². The third kappa shape index (κ3) is 47.6. The number of rotatable bonds is 42. The Hall–Kier alpha value is -0.680. The lowest BCUT2D eigenvalue weighted by atomic mass is 10.3. The molecule has 0 rings (SSSR count). The number of hydrogen-bond donors (Lipinski definition) is 3. The zero-order valence-corrected chi connectivity index (χ0v) is 35.4. The quantitative estimate of drug-likeness (QED) is 0.0753. The van der Waals surface area contributed by atoms with E-state index in [0.717, 1.165) is 0 Å². The van der Waals surface area contributed by atoms with Crippen molar-refractivity contribution in [2.45, 2.75) is 91.2 Å². The molecule has 3 N–H and O–H groups in total. The fraction of sp³-hybridized carbons (Fsp3) is 1.00. The molecule has 17 heteroatoms. The van der Waals surface area contributed by atoms with Crippen molar-refractivity contribution in [2.75, 3.05) is 159 Å². The maximum Gasteiger partial charge on any atom is 0.0781 e. The monoisotopic (exact) mass is 809 g/mol. The van der Waals surface area contributed by atoms with Crippen LogP contribution in [0.1, 0.15) is 48.5 Å². The average molecular weight is 809 g/mol. The van der Waals surface area contributed by atoms with Crippen LogP contribution in [0.4, 0.5) is 0 Å². The molecule has 0 heterocycles. The van der Waals surface area contributed by atoms with E-state index in [1.807, 2.05) is 41.5 Å². The maximum atomic E-state index is 9.21. The second-order valence-electron chi connectivity index (χ2n) is 12.9. The topological polar surface area (TPSA) is 190 Å². The second kappa shape index (κ2) is 44.4. The number of ether oxygens (including phenoxy) is 14. The molecule has 0 aromatic carbocycles. The van der Waals surface area contributed by atoms with Crippen LogP contribution in [-0.4, -0.2) is 217 Å². The first-order valence-electron chi connectivity index (χ1n) is 19.7. The van der Waals surface area contributed by atoms with Crippen molar-refractivity contribution < 1.29 is 81.6 Å². The van der Waals surface area contributed by atoms with Crippen molar-refractivity contribution in [1.29, 1.82) is 0 Å². The van der Waals surface area contributed by atoms with E-state index in [0.29, 0.717) is 139 Å². The number of aliphatic hydroxyl groups excluding tert-OH is 3. The van der Waals surface area contributed by atoms with Crippen molar-refractivity contribution in [1.82, 2.24) is 0 Å². The lowest BCUT2D eigenvalue weighted by Gasteiger charge is -2.22. The molecule has 0 aliphatic rings. The molecule has 0 saturated heterocycles. The first kappa shape index (κ1) is 56.4. The van der Waals surface area contributed by atoms with Crippen LogP contribution in [-0.2, 0) is 66.3 Å². The highest BCUT2D eigenvalue weighted by atomic mass is 16.6. The van der Waals surface area contributed by atoms with Gasteiger partial charge in [-0.05, 0) is 48.5 Å². The van der Waals surface area contributed by atoms with E-state index < -0.39 is 6.10 Å². The van der Waals surface area contributed by atoms with Gasteiger partial charge in [0.25, 0.3) is 0 Å². The average Bonchev–Trinajstić information content (AvgIpc) is 3.17. The molecule has 334 valence electrons. The molecule has 17 nitrogen and oxygen atoms in total. The third-order valence-corrected chi connectivity index (χ3v) is 6.86. The molecule has 0 aromatic heterocycles. The lowest BCUT2D eigenvalue weighted by Crippen LogP contribution is -2.30. The number of aliphatic hydroxyl groups is 3. The summed E-state index contributed by atoms with van der Waals surface area (Å²) in [6, 6.07) is 0. The van der Waals surface area contributed by atoms with Crippen LogP contribution in [0.15, 0.2) is 0 Å². The van der Waals surface area contributed by atoms with E-state index in [-0.39, 0.29) is 49.8 Å². The minimum atomic E-state index is -0.474. The molecule has 0 radical (unpaired) electrons. The van der Waals surface area contributed by atoms with Crippen LogP contribution in [0.3, 0.4) is 0 Å². The maximum absolute atomic E-state index is 9.21. The van der Waals surface area contributed by atoms with Crippen LogP contribution >= 0.6 is 0 Å². The molecule has 7 atom stereocenters. The lowest BCUT2D eigenvalue weighted by molar-refractivity contribution is -0.105. The Bertz CT molecular complexity index is 703. The molecule has 7 unspecified atom stereocenters. The molecule has 0 aliphatic carbocycles. The highest BCUT2D eigenvalue weighted by molar-refractivity contribution is 4.59. The molecular formula is C38H80O17. The molecule has 0 fully saturated rings. The third-order valence-electron chi connectivity index (χ3n) is 6.86. The second-order valence-corrected chi connectivity index (χ2v) is 12.9. The minimum absolute atomic E-state index is 0.00355. The molecule has 0 aliphatic heterocycles. The van der Waals surface area contributed by atoms with Gasteiger partial charge in [0.2, 0.25) is 0 Å². The Balaban J connectivity index is 0. The van der Waals surface area contributed by atoms with E-state index in [1.54, 1.807) is 14.0 Å². The Kier molecular flexibility index (Phi) is 45.6. The van der Waals surface area contributed by atoms with Gasteiger partial charge >= 0.3 is 0 Å². The summed E-state index contributed by atoms with van der Waals surface area (Å²) in [5.74, 6) is 0. The van der Waals surface area contributed by atoms with Gasteiger partial charge in [-0.3, -0.25) is 0 Å². The summed E-state index contributed by atoms with van der Waals surface area (Å²) >= 11 is 0. The largest absolute Gasteiger partial charge is 0.394 e. The van der Waals surface area contributed by atoms with Crippen LogP contribution in [0, 0.1) is 0 Å². The fourth-order valence-electron chi connectivity index (χ4n) is 3.72. The molecule has 0 amide bonds. The standard InChI is InChI=1S/C21H44O8.C17H36O9/c1-15(23)9-24-17(3)11-26-19(5)13-28-21(7)14-29-20(6)12-27-18(4)10-25-16(2)8-22;1-19-4-5-21-8-9-23-12-13-25-16-17-26-15-14-24-11-10-22-7-6-20-3-2-18/h15-23H,8-14H2,1-7H3;18H,2-17H2,1H3. The van der Waals surface area contributed by atoms with Crippen molar-refractivity contribution in [3.8, 4) is 0 Å². The smallest absolute Gasteiger partial charge is 0.0781 e. The number of hydrogen-bond acceptors (Lipinski definition) is 17. The summed E-state index contributed by atoms with van der Waals surface area (Å²) in [6.45, 7) is 23.7. The summed E-state index contributed by atoms with van der Waals surface area (Å²) in [5, 5.41) is 26.7. The summed E-state index contributed by atoms with van der Waals surface area (Å²) in [7, 11) is 1.64. The van der Waals surface area contributed by atoms with E-state index >= 15 is 0 Å². The first-order valence-corrected chi connectivity index (χ1v) is 19.7. The van der Waals surface area contributed by atoms with Crippen molar-refractivity contribution in [3.05, 3.63) is 0 Å². The normalized spacial score (nSPS) is 15.5. The van der Waals surface area contributed by atoms with Crippen LogP contribution in [0.25, 0.3) is 0 Å². The molecule has 0 bridgehead atoms. The summed E-state index contributed by atoms with van der Waals surface area (Å²) in [6.07, 6.45) is -0.963. The van der Waals surface area contributed by atoms with E-state index in [2.05, 4.69) is 0 Å². The molecule has 0 aromatic rings. The Morgan fingerprint density at radius 1 is 0.327 bits per heavy atom. The highest BCUT2D eigenvalue weighted by Crippen LogP contribution is 2.04. The van der Waals surface area contributed by atoms with Crippen LogP contribution < -0.4 is 0 Å². The molecular weight excluding hydrogens is 728 g/mol. The van der Waals surface area contributed by atoms with Gasteiger partial charge in [-0.2, -0.15) is 0 Å². The van der Waals surface area contributed by atoms with Crippen molar-refractivity contribution >= 4 is 0 Å². The predicted octanol–water partition coefficient (Wildman–Crippen LogP) is 1.53. The summed E-state index contributed by atoms with van der Waals surface area (Å²) in [4.78, 5) is 0.